The van der Waals surface area contributed by atoms with E-state index in [4.69, 9.17) is 4.74 Å². The zero-order valence-electron chi connectivity index (χ0n) is 16.2. The van der Waals surface area contributed by atoms with Gasteiger partial charge in [-0.2, -0.15) is 0 Å². The Bertz CT molecular complexity index is 798. The van der Waals surface area contributed by atoms with Crippen LogP contribution in [0.3, 0.4) is 0 Å². The second-order valence-corrected chi connectivity index (χ2v) is 6.95. The predicted molar refractivity (Wildman–Crippen MR) is 102 cm³/mol. The van der Waals surface area contributed by atoms with Gasteiger partial charge in [0.2, 0.25) is 0 Å². The SMILES string of the molecule is CCOC(=O)[C@H](CC(=O)c1nccn1C(C)C)[C@](C)(C=O)c1ccccc1. The minimum Gasteiger partial charge on any atom is -0.466 e. The topological polar surface area (TPSA) is 78.3 Å². The maximum absolute atomic E-state index is 12.9. The van der Waals surface area contributed by atoms with Crippen LogP contribution in [0.15, 0.2) is 42.7 Å². The number of rotatable bonds is 9. The number of hydrogen-bond acceptors (Lipinski definition) is 5. The highest BCUT2D eigenvalue weighted by molar-refractivity contribution is 5.97. The van der Waals surface area contributed by atoms with E-state index in [1.807, 2.05) is 19.9 Å². The third kappa shape index (κ3) is 4.32. The molecule has 0 aliphatic carbocycles. The zero-order valence-corrected chi connectivity index (χ0v) is 16.2. The predicted octanol–water partition coefficient (Wildman–Crippen LogP) is 3.37. The van der Waals surface area contributed by atoms with Gasteiger partial charge in [-0.3, -0.25) is 9.59 Å². The van der Waals surface area contributed by atoms with Gasteiger partial charge in [0.05, 0.1) is 17.9 Å². The van der Waals surface area contributed by atoms with Crippen LogP contribution in [0.4, 0.5) is 0 Å². The average Bonchev–Trinajstić information content (AvgIpc) is 3.16. The van der Waals surface area contributed by atoms with Crippen LogP contribution >= 0.6 is 0 Å². The molecule has 0 spiro atoms. The lowest BCUT2D eigenvalue weighted by atomic mass is 9.70. The second kappa shape index (κ2) is 8.75. The van der Waals surface area contributed by atoms with Gasteiger partial charge in [0.25, 0.3) is 0 Å². The fraction of sp³-hybridized carbons (Fsp3) is 0.429. The summed E-state index contributed by atoms with van der Waals surface area (Å²) in [7, 11) is 0. The first kappa shape index (κ1) is 20.6. The van der Waals surface area contributed by atoms with Crippen LogP contribution in [0.25, 0.3) is 0 Å². The van der Waals surface area contributed by atoms with Gasteiger partial charge in [0.1, 0.15) is 6.29 Å². The van der Waals surface area contributed by atoms with E-state index in [0.717, 1.165) is 6.29 Å². The normalized spacial score (nSPS) is 14.4. The smallest absolute Gasteiger partial charge is 0.310 e. The number of ether oxygens (including phenoxy) is 1. The molecule has 0 fully saturated rings. The lowest BCUT2D eigenvalue weighted by Crippen LogP contribution is -2.41. The van der Waals surface area contributed by atoms with Crippen molar-refractivity contribution in [2.45, 2.75) is 45.6 Å². The lowest BCUT2D eigenvalue weighted by molar-refractivity contribution is -0.151. The third-order valence-corrected chi connectivity index (χ3v) is 4.80. The molecule has 1 aromatic carbocycles. The first-order valence-corrected chi connectivity index (χ1v) is 9.09. The van der Waals surface area contributed by atoms with E-state index in [0.29, 0.717) is 5.56 Å². The molecule has 0 amide bonds. The summed E-state index contributed by atoms with van der Waals surface area (Å²) in [6.45, 7) is 7.43. The molecule has 0 bridgehead atoms. The number of nitrogens with zero attached hydrogens (tertiary/aromatic N) is 2. The molecule has 2 atom stereocenters. The van der Waals surface area contributed by atoms with Crippen molar-refractivity contribution in [2.75, 3.05) is 6.61 Å². The van der Waals surface area contributed by atoms with Gasteiger partial charge in [0.15, 0.2) is 11.6 Å². The molecule has 1 heterocycles. The summed E-state index contributed by atoms with van der Waals surface area (Å²) in [5.74, 6) is -1.52. The molecule has 27 heavy (non-hydrogen) atoms. The summed E-state index contributed by atoms with van der Waals surface area (Å²) < 4.78 is 6.95. The first-order chi connectivity index (χ1) is 12.8. The number of aromatic nitrogens is 2. The molecule has 144 valence electrons. The van der Waals surface area contributed by atoms with E-state index in [-0.39, 0.29) is 30.7 Å². The van der Waals surface area contributed by atoms with Gasteiger partial charge in [-0.1, -0.05) is 30.3 Å². The first-order valence-electron chi connectivity index (χ1n) is 9.09. The Labute approximate surface area is 159 Å². The van der Waals surface area contributed by atoms with E-state index < -0.39 is 17.3 Å². The average molecular weight is 370 g/mol. The van der Waals surface area contributed by atoms with Gasteiger partial charge in [-0.05, 0) is 33.3 Å². The van der Waals surface area contributed by atoms with E-state index >= 15 is 0 Å². The van der Waals surface area contributed by atoms with Gasteiger partial charge in [-0.15, -0.1) is 0 Å². The Morgan fingerprint density at radius 3 is 2.48 bits per heavy atom. The Kier molecular flexibility index (Phi) is 6.66. The summed E-state index contributed by atoms with van der Waals surface area (Å²) in [6.07, 6.45) is 3.86. The number of esters is 1. The van der Waals surface area contributed by atoms with Crippen LogP contribution in [0.5, 0.6) is 0 Å². The highest BCUT2D eigenvalue weighted by Gasteiger charge is 2.43. The van der Waals surface area contributed by atoms with Crippen molar-refractivity contribution in [3.63, 3.8) is 0 Å². The molecule has 2 rings (SSSR count). The molecule has 0 saturated heterocycles. The monoisotopic (exact) mass is 370 g/mol. The van der Waals surface area contributed by atoms with Crippen LogP contribution in [0, 0.1) is 5.92 Å². The zero-order chi connectivity index (χ0) is 20.0. The molecule has 1 aromatic heterocycles. The molecule has 6 nitrogen and oxygen atoms in total. The number of carbonyl (C=O) groups excluding carboxylic acids is 3. The molecular weight excluding hydrogens is 344 g/mol. The van der Waals surface area contributed by atoms with E-state index in [9.17, 15) is 14.4 Å². The Morgan fingerprint density at radius 2 is 1.93 bits per heavy atom. The lowest BCUT2D eigenvalue weighted by Gasteiger charge is -2.31. The summed E-state index contributed by atoms with van der Waals surface area (Å²) in [5, 5.41) is 0. The fourth-order valence-corrected chi connectivity index (χ4v) is 3.15. The van der Waals surface area contributed by atoms with Crippen molar-refractivity contribution < 1.29 is 19.1 Å². The van der Waals surface area contributed by atoms with Crippen LogP contribution in [0.1, 0.15) is 56.3 Å². The van der Waals surface area contributed by atoms with Crippen LogP contribution < -0.4 is 0 Å². The number of imidazole rings is 1. The van der Waals surface area contributed by atoms with Crippen LogP contribution in [0.2, 0.25) is 0 Å². The molecule has 0 N–H and O–H groups in total. The molecule has 0 radical (unpaired) electrons. The molecule has 6 heteroatoms. The minimum absolute atomic E-state index is 0.0547. The molecule has 0 unspecified atom stereocenters. The van der Waals surface area contributed by atoms with Crippen LogP contribution in [-0.2, 0) is 19.7 Å². The van der Waals surface area contributed by atoms with Crippen molar-refractivity contribution in [3.8, 4) is 0 Å². The van der Waals surface area contributed by atoms with Gasteiger partial charge in [0, 0.05) is 24.9 Å². The maximum Gasteiger partial charge on any atom is 0.310 e. The van der Waals surface area contributed by atoms with E-state index in [1.54, 1.807) is 55.1 Å². The Balaban J connectivity index is 2.42. The number of Topliss-reactive ketones (excluding diaryl/α,β-unsaturated/α-hetero) is 1. The largest absolute Gasteiger partial charge is 0.466 e. The molecule has 2 aromatic rings. The van der Waals surface area contributed by atoms with E-state index in [2.05, 4.69) is 4.98 Å². The maximum atomic E-state index is 12.9. The summed E-state index contributed by atoms with van der Waals surface area (Å²) in [5.41, 5.74) is -0.517. The quantitative estimate of drug-likeness (QED) is 0.384. The number of ketones is 1. The number of carbonyl (C=O) groups is 3. The number of aldehydes is 1. The number of benzene rings is 1. The summed E-state index contributed by atoms with van der Waals surface area (Å²) >= 11 is 0. The van der Waals surface area contributed by atoms with Crippen molar-refractivity contribution in [3.05, 3.63) is 54.1 Å². The summed E-state index contributed by atoms with van der Waals surface area (Å²) in [6, 6.07) is 9.04. The molecule has 0 aliphatic heterocycles. The van der Waals surface area contributed by atoms with Gasteiger partial charge in [-0.25, -0.2) is 4.98 Å². The Hall–Kier alpha value is -2.76. The van der Waals surface area contributed by atoms with Crippen molar-refractivity contribution in [1.82, 2.24) is 9.55 Å². The van der Waals surface area contributed by atoms with Gasteiger partial charge >= 0.3 is 5.97 Å². The van der Waals surface area contributed by atoms with Crippen LogP contribution in [-0.4, -0.2) is 34.2 Å². The molecular formula is C21H26N2O4. The van der Waals surface area contributed by atoms with E-state index in [1.165, 1.54) is 0 Å². The highest BCUT2D eigenvalue weighted by atomic mass is 16.5. The molecule has 0 aliphatic rings. The standard InChI is InChI=1S/C21H26N2O4/c1-5-27-20(26)17(21(4,14-24)16-9-7-6-8-10-16)13-18(25)19-22-11-12-23(19)15(2)3/h6-12,14-15,17H,5,13H2,1-4H3/t17-,21+/m0/s1. The van der Waals surface area contributed by atoms with Crippen molar-refractivity contribution in [1.29, 1.82) is 0 Å². The minimum atomic E-state index is -1.18. The molecule has 0 saturated carbocycles. The van der Waals surface area contributed by atoms with Gasteiger partial charge < -0.3 is 14.1 Å². The van der Waals surface area contributed by atoms with Crippen molar-refractivity contribution >= 4 is 18.0 Å². The summed E-state index contributed by atoms with van der Waals surface area (Å²) in [4.78, 5) is 41.9. The highest BCUT2D eigenvalue weighted by Crippen LogP contribution is 2.34. The second-order valence-electron chi connectivity index (χ2n) is 6.95. The van der Waals surface area contributed by atoms with Crippen molar-refractivity contribution in [2.24, 2.45) is 5.92 Å². The third-order valence-electron chi connectivity index (χ3n) is 4.80. The Morgan fingerprint density at radius 1 is 1.26 bits per heavy atom. The number of hydrogen-bond donors (Lipinski definition) is 0. The fourth-order valence-electron chi connectivity index (χ4n) is 3.15.